The molecule has 0 aliphatic carbocycles. The lowest BCUT2D eigenvalue weighted by Gasteiger charge is -2.27. The zero-order valence-corrected chi connectivity index (χ0v) is 14.8. The van der Waals surface area contributed by atoms with Gasteiger partial charge in [0, 0.05) is 24.4 Å². The van der Waals surface area contributed by atoms with E-state index in [9.17, 15) is 0 Å². The second-order valence-electron chi connectivity index (χ2n) is 5.72. The average molecular weight is 294 g/mol. The highest BCUT2D eigenvalue weighted by Gasteiger charge is 2.16. The van der Waals surface area contributed by atoms with Crippen LogP contribution in [-0.2, 0) is 4.74 Å². The van der Waals surface area contributed by atoms with E-state index >= 15 is 0 Å². The summed E-state index contributed by atoms with van der Waals surface area (Å²) in [5.74, 6) is 0. The third-order valence-corrected chi connectivity index (χ3v) is 3.00. The lowest BCUT2D eigenvalue weighted by atomic mass is 10.00. The molecule has 0 aliphatic heterocycles. The molecule has 3 heteroatoms. The van der Waals surface area contributed by atoms with Crippen LogP contribution in [0.5, 0.6) is 0 Å². The maximum atomic E-state index is 5.51. The molecule has 21 heavy (non-hydrogen) atoms. The Bertz CT molecular complexity index is 364. The van der Waals surface area contributed by atoms with Crippen LogP contribution in [-0.4, -0.2) is 18.8 Å². The standard InChI is InChI=1S/C16H28N2O.C2H6/c1-5-11-19-12-7-10-16(3,4)18-17-15-9-6-8-14(2)13-15;1-2/h6,8-9,13,17-18H,5,7,10-12H2,1-4H3;1-2H3. The molecule has 1 aromatic carbocycles. The highest BCUT2D eigenvalue weighted by Crippen LogP contribution is 2.13. The summed E-state index contributed by atoms with van der Waals surface area (Å²) in [6.07, 6.45) is 3.25. The smallest absolute Gasteiger partial charge is 0.0490 e. The summed E-state index contributed by atoms with van der Waals surface area (Å²) in [6.45, 7) is 14.4. The highest BCUT2D eigenvalue weighted by molar-refractivity contribution is 5.44. The summed E-state index contributed by atoms with van der Waals surface area (Å²) in [4.78, 5) is 0. The SMILES string of the molecule is CC.CCCOCCCC(C)(C)NNc1cccc(C)c1. The van der Waals surface area contributed by atoms with Gasteiger partial charge in [0.15, 0.2) is 0 Å². The van der Waals surface area contributed by atoms with Crippen molar-refractivity contribution in [3.63, 3.8) is 0 Å². The van der Waals surface area contributed by atoms with E-state index in [0.717, 1.165) is 38.2 Å². The van der Waals surface area contributed by atoms with Crippen molar-refractivity contribution in [1.82, 2.24) is 5.43 Å². The maximum Gasteiger partial charge on any atom is 0.0490 e. The molecule has 0 saturated heterocycles. The number of aryl methyl sites for hydroxylation is 1. The van der Waals surface area contributed by atoms with E-state index in [1.54, 1.807) is 0 Å². The number of benzene rings is 1. The highest BCUT2D eigenvalue weighted by atomic mass is 16.5. The number of anilines is 1. The van der Waals surface area contributed by atoms with Gasteiger partial charge in [0.05, 0.1) is 0 Å². The summed E-state index contributed by atoms with van der Waals surface area (Å²) in [7, 11) is 0. The van der Waals surface area contributed by atoms with Crippen molar-refractivity contribution in [2.24, 2.45) is 0 Å². The molecule has 0 saturated carbocycles. The van der Waals surface area contributed by atoms with Crippen LogP contribution in [0.25, 0.3) is 0 Å². The first-order chi connectivity index (χ1) is 10.0. The molecule has 0 fully saturated rings. The van der Waals surface area contributed by atoms with E-state index in [0.29, 0.717) is 0 Å². The Kier molecular flexibility index (Phi) is 11.0. The van der Waals surface area contributed by atoms with Crippen molar-refractivity contribution in [1.29, 1.82) is 0 Å². The number of hydrogen-bond donors (Lipinski definition) is 2. The van der Waals surface area contributed by atoms with Crippen LogP contribution in [0, 0.1) is 6.92 Å². The van der Waals surface area contributed by atoms with E-state index in [1.807, 2.05) is 13.8 Å². The molecule has 0 heterocycles. The summed E-state index contributed by atoms with van der Waals surface area (Å²) in [5, 5.41) is 0. The van der Waals surface area contributed by atoms with Crippen molar-refractivity contribution in [2.75, 3.05) is 18.6 Å². The second-order valence-corrected chi connectivity index (χ2v) is 5.72. The quantitative estimate of drug-likeness (QED) is 0.501. The zero-order valence-electron chi connectivity index (χ0n) is 14.8. The first-order valence-corrected chi connectivity index (χ1v) is 8.21. The number of ether oxygens (including phenoxy) is 1. The summed E-state index contributed by atoms with van der Waals surface area (Å²) < 4.78 is 5.51. The molecule has 0 aromatic heterocycles. The van der Waals surface area contributed by atoms with Gasteiger partial charge in [-0.2, -0.15) is 0 Å². The van der Waals surface area contributed by atoms with Crippen molar-refractivity contribution in [3.8, 4) is 0 Å². The van der Waals surface area contributed by atoms with Gasteiger partial charge in [-0.05, 0) is 57.7 Å². The Hall–Kier alpha value is -1.06. The Morgan fingerprint density at radius 2 is 1.86 bits per heavy atom. The molecule has 0 atom stereocenters. The number of hydrogen-bond acceptors (Lipinski definition) is 3. The van der Waals surface area contributed by atoms with Gasteiger partial charge in [0.1, 0.15) is 0 Å². The lowest BCUT2D eigenvalue weighted by Crippen LogP contribution is -2.43. The largest absolute Gasteiger partial charge is 0.381 e. The molecular weight excluding hydrogens is 260 g/mol. The molecular formula is C18H34N2O. The molecule has 1 aromatic rings. The molecule has 3 nitrogen and oxygen atoms in total. The van der Waals surface area contributed by atoms with Gasteiger partial charge < -0.3 is 10.2 Å². The van der Waals surface area contributed by atoms with E-state index < -0.39 is 0 Å². The summed E-state index contributed by atoms with van der Waals surface area (Å²) >= 11 is 0. The van der Waals surface area contributed by atoms with E-state index in [2.05, 4.69) is 62.8 Å². The molecule has 0 radical (unpaired) electrons. The normalized spacial score (nSPS) is 10.8. The van der Waals surface area contributed by atoms with Crippen molar-refractivity contribution >= 4 is 5.69 Å². The first-order valence-electron chi connectivity index (χ1n) is 8.21. The predicted octanol–water partition coefficient (Wildman–Crippen LogP) is 4.92. The predicted molar refractivity (Wildman–Crippen MR) is 93.7 cm³/mol. The fraction of sp³-hybridized carbons (Fsp3) is 0.667. The molecule has 2 N–H and O–H groups in total. The average Bonchev–Trinajstić information content (AvgIpc) is 2.47. The van der Waals surface area contributed by atoms with Gasteiger partial charge in [0.2, 0.25) is 0 Å². The third kappa shape index (κ3) is 10.3. The number of hydrazine groups is 1. The second kappa shape index (κ2) is 11.6. The fourth-order valence-electron chi connectivity index (χ4n) is 1.89. The number of rotatable bonds is 9. The van der Waals surface area contributed by atoms with Gasteiger partial charge in [-0.15, -0.1) is 0 Å². The summed E-state index contributed by atoms with van der Waals surface area (Å²) in [5.41, 5.74) is 9.10. The zero-order chi connectivity index (χ0) is 16.1. The Labute approximate surface area is 131 Å². The Balaban J connectivity index is 0.00000191. The molecule has 0 bridgehead atoms. The Morgan fingerprint density at radius 1 is 1.14 bits per heavy atom. The van der Waals surface area contributed by atoms with Crippen molar-refractivity contribution < 1.29 is 4.74 Å². The van der Waals surface area contributed by atoms with Crippen LogP contribution in [0.4, 0.5) is 5.69 Å². The van der Waals surface area contributed by atoms with E-state index in [1.165, 1.54) is 5.56 Å². The van der Waals surface area contributed by atoms with E-state index in [-0.39, 0.29) is 5.54 Å². The van der Waals surface area contributed by atoms with Crippen LogP contribution in [0.15, 0.2) is 24.3 Å². The first kappa shape index (κ1) is 19.9. The van der Waals surface area contributed by atoms with Gasteiger partial charge in [0.25, 0.3) is 0 Å². The minimum absolute atomic E-state index is 0.0549. The van der Waals surface area contributed by atoms with E-state index in [4.69, 9.17) is 4.74 Å². The van der Waals surface area contributed by atoms with Gasteiger partial charge in [-0.1, -0.05) is 32.9 Å². The van der Waals surface area contributed by atoms with Crippen LogP contribution >= 0.6 is 0 Å². The summed E-state index contributed by atoms with van der Waals surface area (Å²) in [6, 6.07) is 8.36. The van der Waals surface area contributed by atoms with Gasteiger partial charge in [-0.3, -0.25) is 0 Å². The monoisotopic (exact) mass is 294 g/mol. The van der Waals surface area contributed by atoms with Crippen molar-refractivity contribution in [2.45, 2.75) is 66.3 Å². The molecule has 0 aliphatic rings. The van der Waals surface area contributed by atoms with Gasteiger partial charge >= 0.3 is 0 Å². The van der Waals surface area contributed by atoms with Crippen LogP contribution < -0.4 is 10.9 Å². The topological polar surface area (TPSA) is 33.3 Å². The molecule has 0 unspecified atom stereocenters. The fourth-order valence-corrected chi connectivity index (χ4v) is 1.89. The Morgan fingerprint density at radius 3 is 2.48 bits per heavy atom. The molecule has 0 amide bonds. The van der Waals surface area contributed by atoms with Crippen LogP contribution in [0.2, 0.25) is 0 Å². The molecule has 122 valence electrons. The van der Waals surface area contributed by atoms with Crippen LogP contribution in [0.1, 0.15) is 59.4 Å². The minimum Gasteiger partial charge on any atom is -0.381 e. The molecule has 0 spiro atoms. The molecule has 1 rings (SSSR count). The van der Waals surface area contributed by atoms with Crippen LogP contribution in [0.3, 0.4) is 0 Å². The number of nitrogens with one attached hydrogen (secondary N) is 2. The minimum atomic E-state index is 0.0549. The maximum absolute atomic E-state index is 5.51. The van der Waals surface area contributed by atoms with Gasteiger partial charge in [-0.25, -0.2) is 5.43 Å². The third-order valence-electron chi connectivity index (χ3n) is 3.00. The van der Waals surface area contributed by atoms with Crippen molar-refractivity contribution in [3.05, 3.63) is 29.8 Å². The lowest BCUT2D eigenvalue weighted by molar-refractivity contribution is 0.125.